The summed E-state index contributed by atoms with van der Waals surface area (Å²) in [4.78, 5) is 23.9. The van der Waals surface area contributed by atoms with Crippen LogP contribution in [0.25, 0.3) is 0 Å². The molecule has 0 aromatic heterocycles. The summed E-state index contributed by atoms with van der Waals surface area (Å²) in [5.41, 5.74) is -2.09. The maximum Gasteiger partial charge on any atom is 0.303 e. The molecule has 2 aliphatic heterocycles. The molecule has 2 N–H and O–H groups in total. The zero-order chi connectivity index (χ0) is 29.2. The molecule has 8 nitrogen and oxygen atoms in total. The van der Waals surface area contributed by atoms with Crippen LogP contribution in [0.5, 0.6) is 0 Å². The summed E-state index contributed by atoms with van der Waals surface area (Å²) < 4.78 is 24.8. The lowest BCUT2D eigenvalue weighted by atomic mass is 9.43. The van der Waals surface area contributed by atoms with Gasteiger partial charge in [-0.05, 0) is 99.7 Å². The number of aliphatic hydroxyl groups excluding tert-OH is 1. The number of carbonyl (C=O) groups excluding carboxylic acids is 2. The minimum Gasteiger partial charge on any atom is -0.459 e. The lowest BCUT2D eigenvalue weighted by molar-refractivity contribution is -0.300. The first-order valence-electron chi connectivity index (χ1n) is 15.6. The number of fused-ring (bicyclic) bond motifs is 7. The number of esters is 2. The third-order valence-corrected chi connectivity index (χ3v) is 13.1. The maximum absolute atomic E-state index is 12.3. The van der Waals surface area contributed by atoms with Crippen LogP contribution in [0.15, 0.2) is 0 Å². The van der Waals surface area contributed by atoms with Crippen LogP contribution in [0.3, 0.4) is 0 Å². The molecule has 4 unspecified atom stereocenters. The predicted octanol–water partition coefficient (Wildman–Crippen LogP) is 4.38. The molecule has 4 aliphatic carbocycles. The monoisotopic (exact) mass is 562 g/mol. The Bertz CT molecular complexity index is 1070. The van der Waals surface area contributed by atoms with Crippen LogP contribution in [-0.4, -0.2) is 63.6 Å². The Hall–Kier alpha value is -1.22. The summed E-state index contributed by atoms with van der Waals surface area (Å²) in [6.07, 6.45) is 3.67. The molecule has 0 aromatic rings. The molecule has 6 rings (SSSR count). The van der Waals surface area contributed by atoms with Crippen molar-refractivity contribution in [2.45, 2.75) is 142 Å². The number of ether oxygens (including phenoxy) is 4. The molecular weight excluding hydrogens is 512 g/mol. The fourth-order valence-electron chi connectivity index (χ4n) is 11.3. The fourth-order valence-corrected chi connectivity index (χ4v) is 11.3. The van der Waals surface area contributed by atoms with Crippen LogP contribution in [0.4, 0.5) is 0 Å². The van der Waals surface area contributed by atoms with E-state index in [0.29, 0.717) is 31.6 Å². The fraction of sp³-hybridized carbons (Fsp3) is 0.938. The van der Waals surface area contributed by atoms with Crippen molar-refractivity contribution in [3.05, 3.63) is 0 Å². The van der Waals surface area contributed by atoms with E-state index in [0.717, 1.165) is 19.3 Å². The van der Waals surface area contributed by atoms with Gasteiger partial charge in [0.05, 0.1) is 17.8 Å². The van der Waals surface area contributed by atoms with Crippen molar-refractivity contribution in [2.24, 2.45) is 46.3 Å². The SMILES string of the molecule is CC(=O)O[C@H]1CC2CCC3C([C@@H](O)C[C@@]4(C)C3C[C@@H]3O[C@]5(C[C@H](C)C(C)(C)O5)[C@](C)(O)[C@@H]34)[C@@]2(C)C[C@H]1OC(C)=O. The second-order valence-electron chi connectivity index (χ2n) is 15.7. The van der Waals surface area contributed by atoms with Gasteiger partial charge in [-0.25, -0.2) is 0 Å². The standard InChI is InChI=1S/C32H50O8/c1-16-13-32(40-28(16,4)5)31(8,36)27-24(39-32)12-21-20-10-9-19-11-23(37-17(2)33)25(38-18(3)34)15-29(19,6)26(20)22(35)14-30(21,27)7/h16,19-27,35-36H,9-15H2,1-8H3/t16-,19?,20?,21?,22-,23-,24-,25+,26?,27-,29-,30-,31+,32-/m0/s1. The van der Waals surface area contributed by atoms with Gasteiger partial charge < -0.3 is 29.2 Å². The lowest BCUT2D eigenvalue weighted by Gasteiger charge is -2.63. The van der Waals surface area contributed by atoms with Gasteiger partial charge in [0, 0.05) is 26.2 Å². The van der Waals surface area contributed by atoms with Crippen molar-refractivity contribution in [3.8, 4) is 0 Å². The molecule has 1 spiro atoms. The molecule has 226 valence electrons. The third kappa shape index (κ3) is 3.84. The highest BCUT2D eigenvalue weighted by Crippen LogP contribution is 2.73. The molecule has 4 saturated carbocycles. The Morgan fingerprint density at radius 3 is 2.12 bits per heavy atom. The van der Waals surface area contributed by atoms with E-state index in [9.17, 15) is 19.8 Å². The topological polar surface area (TPSA) is 112 Å². The van der Waals surface area contributed by atoms with Gasteiger partial charge in [-0.3, -0.25) is 9.59 Å². The Labute approximate surface area is 238 Å². The van der Waals surface area contributed by atoms with E-state index in [1.807, 2.05) is 6.92 Å². The summed E-state index contributed by atoms with van der Waals surface area (Å²) >= 11 is 0. The van der Waals surface area contributed by atoms with Gasteiger partial charge >= 0.3 is 11.9 Å². The average molecular weight is 563 g/mol. The molecule has 0 bridgehead atoms. The second kappa shape index (κ2) is 8.90. The highest BCUT2D eigenvalue weighted by Gasteiger charge is 2.77. The maximum atomic E-state index is 12.3. The lowest BCUT2D eigenvalue weighted by Crippen LogP contribution is -2.63. The van der Waals surface area contributed by atoms with Crippen LogP contribution < -0.4 is 0 Å². The number of aliphatic hydroxyl groups is 2. The normalized spacial score (nSPS) is 56.1. The van der Waals surface area contributed by atoms with E-state index < -0.39 is 29.7 Å². The van der Waals surface area contributed by atoms with Gasteiger partial charge in [-0.1, -0.05) is 20.8 Å². The molecule has 14 atom stereocenters. The summed E-state index contributed by atoms with van der Waals surface area (Å²) in [5, 5.41) is 24.3. The van der Waals surface area contributed by atoms with Crippen molar-refractivity contribution in [2.75, 3.05) is 0 Å². The minimum absolute atomic E-state index is 0.0417. The molecule has 40 heavy (non-hydrogen) atoms. The number of rotatable bonds is 2. The molecule has 6 aliphatic rings. The van der Waals surface area contributed by atoms with Crippen LogP contribution in [0, 0.1) is 46.3 Å². The van der Waals surface area contributed by atoms with E-state index in [1.54, 1.807) is 0 Å². The van der Waals surface area contributed by atoms with E-state index in [2.05, 4.69) is 34.6 Å². The Kier molecular flexibility index (Phi) is 6.43. The summed E-state index contributed by atoms with van der Waals surface area (Å²) in [5.74, 6) is -0.733. The molecule has 8 heteroatoms. The van der Waals surface area contributed by atoms with Crippen molar-refractivity contribution in [1.29, 1.82) is 0 Å². The third-order valence-electron chi connectivity index (χ3n) is 13.1. The van der Waals surface area contributed by atoms with Gasteiger partial charge in [0.25, 0.3) is 0 Å². The summed E-state index contributed by atoms with van der Waals surface area (Å²) in [6.45, 7) is 15.6. The Morgan fingerprint density at radius 1 is 0.875 bits per heavy atom. The first-order valence-corrected chi connectivity index (χ1v) is 15.6. The van der Waals surface area contributed by atoms with Gasteiger partial charge in [-0.2, -0.15) is 0 Å². The van der Waals surface area contributed by atoms with Crippen molar-refractivity contribution in [3.63, 3.8) is 0 Å². The van der Waals surface area contributed by atoms with E-state index >= 15 is 0 Å². The van der Waals surface area contributed by atoms with E-state index in [4.69, 9.17) is 18.9 Å². The summed E-state index contributed by atoms with van der Waals surface area (Å²) in [7, 11) is 0. The second-order valence-corrected chi connectivity index (χ2v) is 15.7. The Balaban J connectivity index is 1.30. The Morgan fingerprint density at radius 2 is 1.52 bits per heavy atom. The highest BCUT2D eigenvalue weighted by molar-refractivity contribution is 5.67. The first-order chi connectivity index (χ1) is 18.4. The number of hydrogen-bond acceptors (Lipinski definition) is 8. The van der Waals surface area contributed by atoms with Crippen LogP contribution >= 0.6 is 0 Å². The van der Waals surface area contributed by atoms with Crippen molar-refractivity contribution in [1.82, 2.24) is 0 Å². The van der Waals surface area contributed by atoms with Crippen molar-refractivity contribution < 1.29 is 38.7 Å². The first kappa shape index (κ1) is 28.9. The van der Waals surface area contributed by atoms with Gasteiger partial charge in [0.2, 0.25) is 0 Å². The molecule has 0 aromatic carbocycles. The molecule has 2 saturated heterocycles. The average Bonchev–Trinajstić information content (AvgIpc) is 3.30. The van der Waals surface area contributed by atoms with Crippen LogP contribution in [0.1, 0.15) is 100 Å². The summed E-state index contributed by atoms with van der Waals surface area (Å²) in [6, 6.07) is 0. The largest absolute Gasteiger partial charge is 0.459 e. The van der Waals surface area contributed by atoms with E-state index in [-0.39, 0.29) is 64.1 Å². The highest BCUT2D eigenvalue weighted by atomic mass is 16.7. The minimum atomic E-state index is -1.17. The van der Waals surface area contributed by atoms with Gasteiger partial charge in [-0.15, -0.1) is 0 Å². The zero-order valence-corrected chi connectivity index (χ0v) is 25.6. The van der Waals surface area contributed by atoms with Gasteiger partial charge in [0.15, 0.2) is 5.79 Å². The number of hydrogen-bond donors (Lipinski definition) is 2. The molecule has 6 fully saturated rings. The quantitative estimate of drug-likeness (QED) is 0.477. The van der Waals surface area contributed by atoms with Gasteiger partial charge in [0.1, 0.15) is 17.8 Å². The van der Waals surface area contributed by atoms with Crippen LogP contribution in [-0.2, 0) is 28.5 Å². The van der Waals surface area contributed by atoms with Crippen molar-refractivity contribution >= 4 is 11.9 Å². The molecule has 2 heterocycles. The molecular formula is C32H50O8. The smallest absolute Gasteiger partial charge is 0.303 e. The predicted molar refractivity (Wildman–Crippen MR) is 146 cm³/mol. The van der Waals surface area contributed by atoms with Crippen LogP contribution in [0.2, 0.25) is 0 Å². The van der Waals surface area contributed by atoms with E-state index in [1.165, 1.54) is 13.8 Å². The zero-order valence-electron chi connectivity index (χ0n) is 25.6. The molecule has 0 radical (unpaired) electrons. The molecule has 0 amide bonds. The number of carbonyl (C=O) groups is 2.